The molecule has 0 aliphatic rings. The number of aromatic nitrogens is 1. The summed E-state index contributed by atoms with van der Waals surface area (Å²) in [6.45, 7) is 2.63. The van der Waals surface area contributed by atoms with Crippen LogP contribution in [0.5, 0.6) is 0 Å². The summed E-state index contributed by atoms with van der Waals surface area (Å²) in [4.78, 5) is 17.5. The molecule has 1 amide bonds. The molecule has 0 radical (unpaired) electrons. The van der Waals surface area contributed by atoms with Gasteiger partial charge < -0.3 is 11.1 Å². The number of nitrogens with zero attached hydrogens (tertiary/aromatic N) is 1. The fourth-order valence-corrected chi connectivity index (χ4v) is 3.25. The first kappa shape index (κ1) is 15.0. The summed E-state index contributed by atoms with van der Waals surface area (Å²) < 4.78 is 0. The molecule has 2 rings (SSSR count). The Morgan fingerprint density at radius 1 is 1.45 bits per heavy atom. The van der Waals surface area contributed by atoms with E-state index in [1.165, 1.54) is 11.3 Å². The van der Waals surface area contributed by atoms with E-state index >= 15 is 0 Å². The summed E-state index contributed by atoms with van der Waals surface area (Å²) in [5.74, 6) is 0.790. The van der Waals surface area contributed by atoms with Crippen molar-refractivity contribution < 1.29 is 4.79 Å². The highest BCUT2D eigenvalue weighted by Crippen LogP contribution is 2.27. The highest BCUT2D eigenvalue weighted by atomic mass is 32.2. The van der Waals surface area contributed by atoms with Gasteiger partial charge in [-0.25, -0.2) is 4.98 Å². The first-order chi connectivity index (χ1) is 9.74. The number of amides is 1. The Balaban J connectivity index is 2.10. The number of hydrogen-bond acceptors (Lipinski definition) is 5. The Morgan fingerprint density at radius 2 is 2.25 bits per heavy atom. The van der Waals surface area contributed by atoms with Crippen LogP contribution in [0.25, 0.3) is 0 Å². The molecule has 4 nitrogen and oxygen atoms in total. The standard InChI is InChI=1S/C14H17N3OS2/c1-2-19-12-6-4-3-5-10(12)17-14(18)11-9-20-13(16-11)7-8-15/h3-6,9H,2,7-8,15H2,1H3,(H,17,18). The van der Waals surface area contributed by atoms with Crippen LogP contribution in [-0.4, -0.2) is 23.2 Å². The topological polar surface area (TPSA) is 68.0 Å². The van der Waals surface area contributed by atoms with Crippen molar-refractivity contribution in [3.05, 3.63) is 40.3 Å². The zero-order chi connectivity index (χ0) is 14.4. The first-order valence-corrected chi connectivity index (χ1v) is 8.28. The quantitative estimate of drug-likeness (QED) is 0.805. The van der Waals surface area contributed by atoms with Crippen molar-refractivity contribution in [3.63, 3.8) is 0 Å². The molecule has 0 bridgehead atoms. The lowest BCUT2D eigenvalue weighted by Gasteiger charge is -2.08. The van der Waals surface area contributed by atoms with E-state index in [1.54, 1.807) is 17.1 Å². The Labute approximate surface area is 126 Å². The number of anilines is 1. The van der Waals surface area contributed by atoms with E-state index in [9.17, 15) is 4.79 Å². The monoisotopic (exact) mass is 307 g/mol. The van der Waals surface area contributed by atoms with Crippen LogP contribution in [0.3, 0.4) is 0 Å². The van der Waals surface area contributed by atoms with Crippen LogP contribution >= 0.6 is 23.1 Å². The molecule has 0 aliphatic heterocycles. The van der Waals surface area contributed by atoms with Crippen LogP contribution in [-0.2, 0) is 6.42 Å². The minimum absolute atomic E-state index is 0.173. The maximum absolute atomic E-state index is 12.2. The molecule has 0 aliphatic carbocycles. The predicted octanol–water partition coefficient (Wildman–Crippen LogP) is 3.01. The third-order valence-corrected chi connectivity index (χ3v) is 4.44. The lowest BCUT2D eigenvalue weighted by molar-refractivity contribution is 0.102. The van der Waals surface area contributed by atoms with Crippen molar-refractivity contribution in [1.29, 1.82) is 0 Å². The molecule has 3 N–H and O–H groups in total. The molecular weight excluding hydrogens is 290 g/mol. The van der Waals surface area contributed by atoms with Crippen molar-refractivity contribution in [3.8, 4) is 0 Å². The smallest absolute Gasteiger partial charge is 0.275 e. The van der Waals surface area contributed by atoms with Crippen LogP contribution in [0.1, 0.15) is 22.4 Å². The summed E-state index contributed by atoms with van der Waals surface area (Å²) in [6.07, 6.45) is 0.709. The van der Waals surface area contributed by atoms with E-state index in [-0.39, 0.29) is 5.91 Å². The molecule has 20 heavy (non-hydrogen) atoms. The second-order valence-corrected chi connectivity index (χ2v) is 6.30. The molecule has 0 saturated heterocycles. The molecule has 2 aromatic rings. The lowest BCUT2D eigenvalue weighted by atomic mass is 10.3. The van der Waals surface area contributed by atoms with E-state index in [0.29, 0.717) is 18.7 Å². The van der Waals surface area contributed by atoms with Gasteiger partial charge in [-0.05, 0) is 24.4 Å². The molecular formula is C14H17N3OS2. The van der Waals surface area contributed by atoms with E-state index < -0.39 is 0 Å². The lowest BCUT2D eigenvalue weighted by Crippen LogP contribution is -2.13. The normalized spacial score (nSPS) is 10.5. The number of hydrogen-bond donors (Lipinski definition) is 2. The Bertz CT molecular complexity index is 583. The average molecular weight is 307 g/mol. The van der Waals surface area contributed by atoms with E-state index in [4.69, 9.17) is 5.73 Å². The van der Waals surface area contributed by atoms with Crippen molar-refractivity contribution in [1.82, 2.24) is 4.98 Å². The van der Waals surface area contributed by atoms with Gasteiger partial charge in [0, 0.05) is 16.7 Å². The van der Waals surface area contributed by atoms with Gasteiger partial charge in [-0.3, -0.25) is 4.79 Å². The van der Waals surface area contributed by atoms with Gasteiger partial charge in [0.05, 0.1) is 10.7 Å². The fourth-order valence-electron chi connectivity index (χ4n) is 1.69. The highest BCUT2D eigenvalue weighted by molar-refractivity contribution is 7.99. The summed E-state index contributed by atoms with van der Waals surface area (Å²) >= 11 is 3.17. The van der Waals surface area contributed by atoms with Gasteiger partial charge in [0.25, 0.3) is 5.91 Å². The Kier molecular flexibility index (Phi) is 5.58. The van der Waals surface area contributed by atoms with Gasteiger partial charge >= 0.3 is 0 Å². The molecule has 106 valence electrons. The third-order valence-electron chi connectivity index (χ3n) is 2.58. The van der Waals surface area contributed by atoms with E-state index in [2.05, 4.69) is 17.2 Å². The van der Waals surface area contributed by atoms with Crippen LogP contribution < -0.4 is 11.1 Å². The zero-order valence-electron chi connectivity index (χ0n) is 11.3. The van der Waals surface area contributed by atoms with Gasteiger partial charge in [0.15, 0.2) is 0 Å². The number of thioether (sulfide) groups is 1. The van der Waals surface area contributed by atoms with Crippen LogP contribution in [0, 0.1) is 0 Å². The second kappa shape index (κ2) is 7.42. The first-order valence-electron chi connectivity index (χ1n) is 6.42. The zero-order valence-corrected chi connectivity index (χ0v) is 12.9. The Morgan fingerprint density at radius 3 is 3.00 bits per heavy atom. The van der Waals surface area contributed by atoms with Crippen LogP contribution in [0.4, 0.5) is 5.69 Å². The number of thiazole rings is 1. The average Bonchev–Trinajstić information content (AvgIpc) is 2.90. The maximum atomic E-state index is 12.2. The summed E-state index contributed by atoms with van der Waals surface area (Å²) in [7, 11) is 0. The molecule has 0 atom stereocenters. The highest BCUT2D eigenvalue weighted by Gasteiger charge is 2.12. The minimum Gasteiger partial charge on any atom is -0.330 e. The van der Waals surface area contributed by atoms with Crippen molar-refractivity contribution >= 4 is 34.7 Å². The number of rotatable bonds is 6. The summed E-state index contributed by atoms with van der Waals surface area (Å²) in [6, 6.07) is 7.79. The molecule has 1 heterocycles. The molecule has 1 aromatic heterocycles. The van der Waals surface area contributed by atoms with Gasteiger partial charge in [-0.2, -0.15) is 0 Å². The predicted molar refractivity (Wildman–Crippen MR) is 85.7 cm³/mol. The molecule has 0 fully saturated rings. The van der Waals surface area contributed by atoms with Gasteiger partial charge in [-0.15, -0.1) is 23.1 Å². The second-order valence-electron chi connectivity index (χ2n) is 4.05. The molecule has 1 aromatic carbocycles. The molecule has 6 heteroatoms. The number of nitrogens with two attached hydrogens (primary N) is 1. The number of carbonyl (C=O) groups excluding carboxylic acids is 1. The van der Waals surface area contributed by atoms with Crippen LogP contribution in [0.2, 0.25) is 0 Å². The Hall–Kier alpha value is -1.37. The minimum atomic E-state index is -0.173. The largest absolute Gasteiger partial charge is 0.330 e. The fraction of sp³-hybridized carbons (Fsp3) is 0.286. The van der Waals surface area contributed by atoms with Gasteiger partial charge in [-0.1, -0.05) is 19.1 Å². The SMILES string of the molecule is CCSc1ccccc1NC(=O)c1csc(CCN)n1. The molecule has 0 unspecified atom stereocenters. The number of benzene rings is 1. The summed E-state index contributed by atoms with van der Waals surface area (Å²) in [5.41, 5.74) is 6.77. The number of carbonyl (C=O) groups is 1. The number of para-hydroxylation sites is 1. The van der Waals surface area contributed by atoms with E-state index in [0.717, 1.165) is 21.3 Å². The van der Waals surface area contributed by atoms with E-state index in [1.807, 2.05) is 24.3 Å². The maximum Gasteiger partial charge on any atom is 0.275 e. The molecule has 0 spiro atoms. The molecule has 0 saturated carbocycles. The van der Waals surface area contributed by atoms with Crippen molar-refractivity contribution in [2.45, 2.75) is 18.2 Å². The third kappa shape index (κ3) is 3.82. The van der Waals surface area contributed by atoms with Gasteiger partial charge in [0.1, 0.15) is 5.69 Å². The van der Waals surface area contributed by atoms with Crippen molar-refractivity contribution in [2.24, 2.45) is 5.73 Å². The van der Waals surface area contributed by atoms with Gasteiger partial charge in [0.2, 0.25) is 0 Å². The summed E-state index contributed by atoms with van der Waals surface area (Å²) in [5, 5.41) is 5.59. The van der Waals surface area contributed by atoms with Crippen LogP contribution in [0.15, 0.2) is 34.5 Å². The number of nitrogens with one attached hydrogen (secondary N) is 1. The van der Waals surface area contributed by atoms with Crippen molar-refractivity contribution in [2.75, 3.05) is 17.6 Å².